The molecule has 0 aliphatic carbocycles. The predicted octanol–water partition coefficient (Wildman–Crippen LogP) is 26.7. The van der Waals surface area contributed by atoms with E-state index in [1.807, 2.05) is 0 Å². The predicted molar refractivity (Wildman–Crippen MR) is 390 cm³/mol. The van der Waals surface area contributed by atoms with Crippen molar-refractivity contribution in [1.29, 1.82) is 0 Å². The van der Waals surface area contributed by atoms with E-state index in [1.54, 1.807) is 0 Å². The van der Waals surface area contributed by atoms with Crippen LogP contribution in [0, 0.1) is 0 Å². The van der Waals surface area contributed by atoms with Crippen molar-refractivity contribution < 1.29 is 28.4 Å². The van der Waals surface area contributed by atoms with E-state index >= 15 is 0 Å². The van der Waals surface area contributed by atoms with Crippen LogP contribution >= 0.6 is 0 Å². The van der Waals surface area contributed by atoms with E-state index in [4.69, 9.17) is 34.2 Å². The molecule has 2 N–H and O–H groups in total. The lowest BCUT2D eigenvalue weighted by molar-refractivity contribution is 0.234. The van der Waals surface area contributed by atoms with Crippen LogP contribution in [0.2, 0.25) is 0 Å². The minimum atomic E-state index is 0.657. The Bertz CT molecular complexity index is 1920. The van der Waals surface area contributed by atoms with Gasteiger partial charge >= 0.3 is 0 Å². The van der Waals surface area contributed by atoms with Crippen molar-refractivity contribution in [3.05, 3.63) is 64.7 Å². The van der Waals surface area contributed by atoms with E-state index in [2.05, 4.69) is 108 Å². The van der Waals surface area contributed by atoms with Gasteiger partial charge in [0.1, 0.15) is 0 Å². The van der Waals surface area contributed by atoms with E-state index in [-0.39, 0.29) is 0 Å². The number of anilines is 1. The number of hydrogen-bond donors (Lipinski definition) is 1. The average Bonchev–Trinajstić information content (AvgIpc) is 2.71. The SMILES string of the molecule is CCCCCCCCCCOc1cc(/C=C/c2cc(N)cc(/C=C/c3cc(OCCCCCCCCCC)c(OCCCCCCCCCC)c(OCCCCCCCCCC)c3)c2)cc(OCCCCCCCCCC)c1OCCCCCCCCCC. The quantitative estimate of drug-likeness (QED) is 0.0343. The minimum Gasteiger partial charge on any atom is -0.490 e. The molecule has 0 heterocycles. The van der Waals surface area contributed by atoms with Gasteiger partial charge in [-0.1, -0.05) is 336 Å². The molecule has 0 saturated carbocycles. The lowest BCUT2D eigenvalue weighted by Crippen LogP contribution is -2.07. The second kappa shape index (κ2) is 57.6. The summed E-state index contributed by atoms with van der Waals surface area (Å²) < 4.78 is 40.4. The minimum absolute atomic E-state index is 0.657. The highest BCUT2D eigenvalue weighted by atomic mass is 16.5. The Balaban J connectivity index is 1.96. The summed E-state index contributed by atoms with van der Waals surface area (Å²) in [5, 5.41) is 0. The monoisotopic (exact) mass is 1230 g/mol. The first kappa shape index (κ1) is 79.0. The fraction of sp³-hybridized carbons (Fsp3) is 0.732. The van der Waals surface area contributed by atoms with Crippen molar-refractivity contribution in [3.63, 3.8) is 0 Å². The van der Waals surface area contributed by atoms with Gasteiger partial charge in [0.15, 0.2) is 23.0 Å². The van der Waals surface area contributed by atoms with Crippen LogP contribution in [0.15, 0.2) is 42.5 Å². The zero-order valence-electron chi connectivity index (χ0n) is 59.1. The molecule has 7 nitrogen and oxygen atoms in total. The zero-order chi connectivity index (χ0) is 63.6. The highest BCUT2D eigenvalue weighted by Crippen LogP contribution is 2.42. The van der Waals surface area contributed by atoms with Gasteiger partial charge in [0, 0.05) is 5.69 Å². The van der Waals surface area contributed by atoms with Gasteiger partial charge < -0.3 is 34.2 Å². The van der Waals surface area contributed by atoms with Crippen LogP contribution in [-0.4, -0.2) is 39.6 Å². The molecule has 0 radical (unpaired) electrons. The van der Waals surface area contributed by atoms with E-state index < -0.39 is 0 Å². The molecule has 508 valence electrons. The van der Waals surface area contributed by atoms with Crippen molar-refractivity contribution in [1.82, 2.24) is 0 Å². The van der Waals surface area contributed by atoms with Gasteiger partial charge in [-0.2, -0.15) is 0 Å². The molecule has 0 amide bonds. The Hall–Kier alpha value is -4.26. The third kappa shape index (κ3) is 41.8. The molecule has 0 unspecified atom stereocenters. The fourth-order valence-corrected chi connectivity index (χ4v) is 11.9. The van der Waals surface area contributed by atoms with Crippen LogP contribution in [0.4, 0.5) is 5.69 Å². The summed E-state index contributed by atoms with van der Waals surface area (Å²) in [5.41, 5.74) is 11.5. The Kier molecular flexibility index (Phi) is 51.1. The van der Waals surface area contributed by atoms with Crippen LogP contribution in [0.25, 0.3) is 24.3 Å². The van der Waals surface area contributed by atoms with Crippen molar-refractivity contribution >= 4 is 30.0 Å². The highest BCUT2D eigenvalue weighted by Gasteiger charge is 2.18. The third-order valence-electron chi connectivity index (χ3n) is 17.5. The Labute approximate surface area is 550 Å². The zero-order valence-corrected chi connectivity index (χ0v) is 59.1. The molecule has 0 atom stereocenters. The molecule has 3 rings (SSSR count). The molecule has 0 fully saturated rings. The summed E-state index contributed by atoms with van der Waals surface area (Å²) in [6, 6.07) is 15.0. The lowest BCUT2D eigenvalue weighted by Gasteiger charge is -2.18. The maximum atomic E-state index is 6.74. The van der Waals surface area contributed by atoms with E-state index in [9.17, 15) is 0 Å². The van der Waals surface area contributed by atoms with Crippen LogP contribution in [0.1, 0.15) is 372 Å². The molecule has 0 bridgehead atoms. The highest BCUT2D eigenvalue weighted by molar-refractivity contribution is 5.78. The van der Waals surface area contributed by atoms with Crippen molar-refractivity contribution in [2.24, 2.45) is 0 Å². The van der Waals surface area contributed by atoms with Gasteiger partial charge in [-0.3, -0.25) is 0 Å². The summed E-state index contributed by atoms with van der Waals surface area (Å²) >= 11 is 0. The number of rotatable bonds is 64. The van der Waals surface area contributed by atoms with Gasteiger partial charge in [-0.05, 0) is 103 Å². The van der Waals surface area contributed by atoms with Crippen molar-refractivity contribution in [2.75, 3.05) is 45.4 Å². The smallest absolute Gasteiger partial charge is 0.203 e. The van der Waals surface area contributed by atoms with Gasteiger partial charge in [-0.15, -0.1) is 0 Å². The number of nitrogen functional groups attached to an aromatic ring is 1. The molecule has 7 heteroatoms. The molecule has 89 heavy (non-hydrogen) atoms. The second-order valence-electron chi connectivity index (χ2n) is 26.2. The third-order valence-corrected chi connectivity index (χ3v) is 17.5. The van der Waals surface area contributed by atoms with E-state index in [0.29, 0.717) is 45.3 Å². The normalized spacial score (nSPS) is 11.6. The molecular formula is C82H139NO6. The molecule has 3 aromatic carbocycles. The van der Waals surface area contributed by atoms with Gasteiger partial charge in [-0.25, -0.2) is 0 Å². The molecule has 0 saturated heterocycles. The largest absolute Gasteiger partial charge is 0.490 e. The number of benzene rings is 3. The Morgan fingerprint density at radius 1 is 0.213 bits per heavy atom. The Morgan fingerprint density at radius 2 is 0.382 bits per heavy atom. The van der Waals surface area contributed by atoms with E-state index in [1.165, 1.54) is 270 Å². The van der Waals surface area contributed by atoms with Crippen LogP contribution in [0.5, 0.6) is 34.5 Å². The molecule has 0 aliphatic rings. The first-order valence-electron chi connectivity index (χ1n) is 38.4. The molecular weight excluding hydrogens is 1090 g/mol. The van der Waals surface area contributed by atoms with Gasteiger partial charge in [0.05, 0.1) is 39.6 Å². The first-order valence-corrected chi connectivity index (χ1v) is 38.4. The number of unbranched alkanes of at least 4 members (excludes halogenated alkanes) is 42. The second-order valence-corrected chi connectivity index (χ2v) is 26.2. The summed E-state index contributed by atoms with van der Waals surface area (Å²) in [5.74, 6) is 4.64. The van der Waals surface area contributed by atoms with Crippen molar-refractivity contribution in [3.8, 4) is 34.5 Å². The molecule has 3 aromatic rings. The van der Waals surface area contributed by atoms with Crippen LogP contribution < -0.4 is 34.2 Å². The summed E-state index contributed by atoms with van der Waals surface area (Å²) in [6.07, 6.45) is 69.1. The lowest BCUT2D eigenvalue weighted by atomic mass is 10.1. The number of nitrogens with two attached hydrogens (primary N) is 1. The molecule has 0 aliphatic heterocycles. The fourth-order valence-electron chi connectivity index (χ4n) is 11.9. The first-order chi connectivity index (χ1) is 44.0. The maximum Gasteiger partial charge on any atom is 0.203 e. The van der Waals surface area contributed by atoms with Crippen molar-refractivity contribution in [2.45, 2.75) is 350 Å². The summed E-state index contributed by atoms with van der Waals surface area (Å²) in [4.78, 5) is 0. The van der Waals surface area contributed by atoms with E-state index in [0.717, 1.165) is 95.3 Å². The summed E-state index contributed by atoms with van der Waals surface area (Å²) in [6.45, 7) is 17.7. The topological polar surface area (TPSA) is 81.4 Å². The standard InChI is InChI=1S/C82H139NO6/c1-7-13-19-25-31-37-43-49-59-84-77-68-74(69-78(85-60-50-44-38-32-26-20-14-8-2)81(77)88-63-53-47-41-35-29-23-17-11-5)57-55-72-65-73(67-76(83)66-72)56-58-75-70-79(86-61-51-45-39-33-27-21-15-9-3)82(89-64-54-48-42-36-30-24-18-12-6)80(71-75)87-62-52-46-40-34-28-22-16-10-4/h55-58,65-71H,7-54,59-64,83H2,1-6H3/b57-55+,58-56+. The van der Waals surface area contributed by atoms with Crippen LogP contribution in [0.3, 0.4) is 0 Å². The average molecular weight is 1240 g/mol. The molecule has 0 aromatic heterocycles. The Morgan fingerprint density at radius 3 is 0.584 bits per heavy atom. The van der Waals surface area contributed by atoms with Crippen LogP contribution in [-0.2, 0) is 0 Å². The summed E-state index contributed by atoms with van der Waals surface area (Å²) in [7, 11) is 0. The number of ether oxygens (including phenoxy) is 6. The number of hydrogen-bond acceptors (Lipinski definition) is 7. The molecule has 0 spiro atoms. The van der Waals surface area contributed by atoms with Gasteiger partial charge in [0.25, 0.3) is 0 Å². The maximum absolute atomic E-state index is 6.74. The van der Waals surface area contributed by atoms with Gasteiger partial charge in [0.2, 0.25) is 11.5 Å².